The number of nitrogens with one attached hydrogen (secondary N) is 1. The average molecular weight is 287 g/mol. The van der Waals surface area contributed by atoms with E-state index >= 15 is 0 Å². The molecule has 2 aromatic heterocycles. The van der Waals surface area contributed by atoms with Gasteiger partial charge >= 0.3 is 0 Å². The van der Waals surface area contributed by atoms with Crippen LogP contribution in [0.3, 0.4) is 0 Å². The van der Waals surface area contributed by atoms with Crippen molar-refractivity contribution in [3.05, 3.63) is 16.7 Å². The number of aromatic nitrogens is 4. The Labute approximate surface area is 121 Å². The third-order valence-corrected chi connectivity index (χ3v) is 3.66. The number of fused-ring (bicyclic) bond motifs is 2. The fourth-order valence-corrected chi connectivity index (χ4v) is 2.55. The van der Waals surface area contributed by atoms with Crippen LogP contribution in [-0.2, 0) is 4.79 Å². The van der Waals surface area contributed by atoms with Gasteiger partial charge in [0.05, 0.1) is 12.4 Å². The molecule has 1 unspecified atom stereocenters. The van der Waals surface area contributed by atoms with Crippen molar-refractivity contribution in [2.24, 2.45) is 4.99 Å². The number of carbonyl (C=O) groups excluding carboxylic acids is 1. The van der Waals surface area contributed by atoms with E-state index in [1.54, 1.807) is 6.21 Å². The number of nitrogens with zero attached hydrogens (tertiary/aromatic N) is 4. The van der Waals surface area contributed by atoms with E-state index in [1.165, 1.54) is 10.9 Å². The molecule has 0 saturated carbocycles. The van der Waals surface area contributed by atoms with Crippen molar-refractivity contribution in [1.82, 2.24) is 19.5 Å². The van der Waals surface area contributed by atoms with Crippen LogP contribution in [0.5, 0.6) is 0 Å². The number of carbonyl (C=O) groups is 1. The van der Waals surface area contributed by atoms with Gasteiger partial charge in [-0.05, 0) is 6.42 Å². The van der Waals surface area contributed by atoms with E-state index in [1.807, 2.05) is 0 Å². The fourth-order valence-electron chi connectivity index (χ4n) is 2.55. The van der Waals surface area contributed by atoms with Crippen LogP contribution in [-0.4, -0.2) is 31.5 Å². The summed E-state index contributed by atoms with van der Waals surface area (Å²) >= 11 is 0. The Morgan fingerprint density at radius 2 is 2.29 bits per heavy atom. The topological polar surface area (TPSA) is 93.0 Å². The van der Waals surface area contributed by atoms with Crippen LogP contribution in [0.4, 0.5) is 5.95 Å². The third-order valence-electron chi connectivity index (χ3n) is 3.66. The highest BCUT2D eigenvalue weighted by molar-refractivity contribution is 5.85. The molecular formula is C14H17N5O2. The van der Waals surface area contributed by atoms with Gasteiger partial charge in [-0.25, -0.2) is 9.98 Å². The van der Waals surface area contributed by atoms with E-state index in [0.29, 0.717) is 30.0 Å². The maximum atomic E-state index is 12.4. The highest BCUT2D eigenvalue weighted by Crippen LogP contribution is 2.24. The summed E-state index contributed by atoms with van der Waals surface area (Å²) < 4.78 is 1.47. The Morgan fingerprint density at radius 1 is 1.43 bits per heavy atom. The summed E-state index contributed by atoms with van der Waals surface area (Å²) in [6.45, 7) is 2.10. The van der Waals surface area contributed by atoms with Gasteiger partial charge in [-0.2, -0.15) is 4.98 Å². The molecule has 0 saturated heterocycles. The van der Waals surface area contributed by atoms with Crippen LogP contribution >= 0.6 is 0 Å². The fraction of sp³-hybridized carbons (Fsp3) is 0.500. The normalized spacial score (nSPS) is 16.5. The largest absolute Gasteiger partial charge is 0.339 e. The van der Waals surface area contributed by atoms with Crippen molar-refractivity contribution < 1.29 is 4.79 Å². The van der Waals surface area contributed by atoms with Gasteiger partial charge < -0.3 is 4.98 Å². The first kappa shape index (κ1) is 13.7. The first-order valence-corrected chi connectivity index (χ1v) is 7.22. The minimum atomic E-state index is -0.332. The molecule has 1 atom stereocenters. The first-order valence-electron chi connectivity index (χ1n) is 7.22. The summed E-state index contributed by atoms with van der Waals surface area (Å²) in [4.78, 5) is 39.5. The molecule has 21 heavy (non-hydrogen) atoms. The van der Waals surface area contributed by atoms with E-state index in [0.717, 1.165) is 19.3 Å². The van der Waals surface area contributed by atoms with E-state index in [-0.39, 0.29) is 17.4 Å². The average Bonchev–Trinajstić information content (AvgIpc) is 3.07. The molecule has 0 amide bonds. The van der Waals surface area contributed by atoms with Crippen molar-refractivity contribution >= 4 is 29.1 Å². The van der Waals surface area contributed by atoms with Gasteiger partial charge in [0.25, 0.3) is 5.56 Å². The Morgan fingerprint density at radius 3 is 3.10 bits per heavy atom. The molecule has 2 aromatic rings. The van der Waals surface area contributed by atoms with Gasteiger partial charge in [0.2, 0.25) is 5.95 Å². The summed E-state index contributed by atoms with van der Waals surface area (Å²) in [6.07, 6.45) is 6.95. The Kier molecular flexibility index (Phi) is 3.64. The molecular weight excluding hydrogens is 270 g/mol. The third kappa shape index (κ3) is 2.51. The van der Waals surface area contributed by atoms with E-state index in [9.17, 15) is 9.59 Å². The Balaban J connectivity index is 1.81. The highest BCUT2D eigenvalue weighted by Gasteiger charge is 2.25. The molecule has 0 fully saturated rings. The maximum Gasteiger partial charge on any atom is 0.281 e. The number of Topliss-reactive ketones (excluding diaryl/α,β-unsaturated/α-hetero) is 1. The number of hydrogen-bond acceptors (Lipinski definition) is 5. The molecule has 0 aliphatic carbocycles. The van der Waals surface area contributed by atoms with Crippen LogP contribution in [0.1, 0.15) is 45.1 Å². The summed E-state index contributed by atoms with van der Waals surface area (Å²) in [5, 5.41) is 0. The lowest BCUT2D eigenvalue weighted by Crippen LogP contribution is -2.25. The smallest absolute Gasteiger partial charge is 0.281 e. The number of H-pyrrole nitrogens is 1. The van der Waals surface area contributed by atoms with Crippen LogP contribution in [0, 0.1) is 0 Å². The molecule has 0 bridgehead atoms. The second-order valence-corrected chi connectivity index (χ2v) is 5.23. The predicted octanol–water partition coefficient (Wildman–Crippen LogP) is 1.92. The zero-order chi connectivity index (χ0) is 14.8. The zero-order valence-electron chi connectivity index (χ0n) is 11.9. The summed E-state index contributed by atoms with van der Waals surface area (Å²) in [5.41, 5.74) is 0.488. The number of rotatable bonds is 6. The number of unbranched alkanes of at least 4 members (excludes halogenated alkanes) is 2. The second kappa shape index (κ2) is 5.59. The SMILES string of the molecule is CCCCCC(=O)CC1C=Nc2nc3nc[nH]c3c(=O)n21. The summed E-state index contributed by atoms with van der Waals surface area (Å²) in [6, 6.07) is -0.332. The highest BCUT2D eigenvalue weighted by atomic mass is 16.1. The minimum Gasteiger partial charge on any atom is -0.339 e. The van der Waals surface area contributed by atoms with Gasteiger partial charge in [-0.15, -0.1) is 0 Å². The minimum absolute atomic E-state index is 0.157. The Bertz CT molecular complexity index is 758. The van der Waals surface area contributed by atoms with Gasteiger partial charge in [-0.3, -0.25) is 14.2 Å². The molecule has 110 valence electrons. The quantitative estimate of drug-likeness (QED) is 0.821. The van der Waals surface area contributed by atoms with Crippen LogP contribution in [0.25, 0.3) is 11.2 Å². The molecule has 0 radical (unpaired) electrons. The Hall–Kier alpha value is -2.31. The van der Waals surface area contributed by atoms with Gasteiger partial charge in [0.1, 0.15) is 5.78 Å². The number of ketones is 1. The molecule has 7 nitrogen and oxygen atoms in total. The van der Waals surface area contributed by atoms with Crippen molar-refractivity contribution in [3.8, 4) is 0 Å². The van der Waals surface area contributed by atoms with Gasteiger partial charge in [-0.1, -0.05) is 19.8 Å². The van der Waals surface area contributed by atoms with Crippen LogP contribution < -0.4 is 5.56 Å². The van der Waals surface area contributed by atoms with Crippen molar-refractivity contribution in [2.75, 3.05) is 0 Å². The van der Waals surface area contributed by atoms with Crippen LogP contribution in [0.15, 0.2) is 16.1 Å². The van der Waals surface area contributed by atoms with Gasteiger partial charge in [0.15, 0.2) is 11.2 Å². The lowest BCUT2D eigenvalue weighted by atomic mass is 10.1. The molecule has 1 aliphatic heterocycles. The molecule has 0 spiro atoms. The molecule has 3 heterocycles. The van der Waals surface area contributed by atoms with Gasteiger partial charge in [0, 0.05) is 19.1 Å². The standard InChI is InChI=1S/C14H17N5O2/c1-2-3-4-5-10(20)6-9-7-15-14-18-12-11(16-8-17-12)13(21)19(9)14/h7-9H,2-6H2,1H3,(H,16,17). The van der Waals surface area contributed by atoms with Crippen molar-refractivity contribution in [2.45, 2.75) is 45.1 Å². The molecule has 0 aromatic carbocycles. The number of hydrogen-bond donors (Lipinski definition) is 1. The van der Waals surface area contributed by atoms with E-state index in [4.69, 9.17) is 0 Å². The lowest BCUT2D eigenvalue weighted by Gasteiger charge is -2.11. The zero-order valence-corrected chi connectivity index (χ0v) is 11.9. The molecule has 1 N–H and O–H groups in total. The number of aliphatic imine (C=N–C) groups is 1. The predicted molar refractivity (Wildman–Crippen MR) is 79.1 cm³/mol. The lowest BCUT2D eigenvalue weighted by molar-refractivity contribution is -0.119. The van der Waals surface area contributed by atoms with Crippen molar-refractivity contribution in [1.29, 1.82) is 0 Å². The maximum absolute atomic E-state index is 12.4. The monoisotopic (exact) mass is 287 g/mol. The van der Waals surface area contributed by atoms with E-state index < -0.39 is 0 Å². The summed E-state index contributed by atoms with van der Waals surface area (Å²) in [7, 11) is 0. The first-order chi connectivity index (χ1) is 10.2. The summed E-state index contributed by atoms with van der Waals surface area (Å²) in [5.74, 6) is 0.482. The number of aromatic amines is 1. The second-order valence-electron chi connectivity index (χ2n) is 5.23. The molecule has 1 aliphatic rings. The molecule has 7 heteroatoms. The van der Waals surface area contributed by atoms with Crippen molar-refractivity contribution in [3.63, 3.8) is 0 Å². The van der Waals surface area contributed by atoms with Crippen LogP contribution in [0.2, 0.25) is 0 Å². The van der Waals surface area contributed by atoms with E-state index in [2.05, 4.69) is 26.9 Å². The molecule has 3 rings (SSSR count). The number of imidazole rings is 1.